The van der Waals surface area contributed by atoms with Crippen LogP contribution in [0, 0.1) is 0 Å². The second kappa shape index (κ2) is 11.7. The first-order valence-corrected chi connectivity index (χ1v) is 10.3. The van der Waals surface area contributed by atoms with Crippen LogP contribution in [0.2, 0.25) is 0 Å². The number of methoxy groups -OCH3 is 1. The van der Waals surface area contributed by atoms with E-state index in [2.05, 4.69) is 29.2 Å². The molecule has 0 saturated heterocycles. The molecule has 3 rings (SSSR count). The summed E-state index contributed by atoms with van der Waals surface area (Å²) >= 11 is 0. The van der Waals surface area contributed by atoms with Gasteiger partial charge in [0.1, 0.15) is 13.2 Å². The molecule has 0 heterocycles. The predicted octanol–water partition coefficient (Wildman–Crippen LogP) is 4.49. The Kier molecular flexibility index (Phi) is 8.43. The van der Waals surface area contributed by atoms with Gasteiger partial charge in [-0.1, -0.05) is 54.6 Å². The fraction of sp³-hybridized carbons (Fsp3) is 0.280. The van der Waals surface area contributed by atoms with Gasteiger partial charge in [0.05, 0.1) is 26.0 Å². The van der Waals surface area contributed by atoms with Gasteiger partial charge >= 0.3 is 11.9 Å². The van der Waals surface area contributed by atoms with Crippen molar-refractivity contribution in [1.82, 2.24) is 0 Å². The van der Waals surface area contributed by atoms with E-state index in [4.69, 9.17) is 14.2 Å². The second-order valence-corrected chi connectivity index (χ2v) is 6.92. The minimum atomic E-state index is -0.435. The van der Waals surface area contributed by atoms with Gasteiger partial charge in [-0.05, 0) is 23.6 Å². The zero-order valence-corrected chi connectivity index (χ0v) is 17.7. The van der Waals surface area contributed by atoms with E-state index in [1.807, 2.05) is 48.5 Å². The van der Waals surface area contributed by atoms with Crippen molar-refractivity contribution in [1.29, 1.82) is 0 Å². The maximum absolute atomic E-state index is 12.1. The molecule has 0 atom stereocenters. The molecule has 0 bridgehead atoms. The van der Waals surface area contributed by atoms with E-state index in [0.29, 0.717) is 13.2 Å². The van der Waals surface area contributed by atoms with Crippen molar-refractivity contribution in [2.45, 2.75) is 12.8 Å². The molecular formula is C25H27NO5. The van der Waals surface area contributed by atoms with Crippen molar-refractivity contribution in [2.75, 3.05) is 38.4 Å². The summed E-state index contributed by atoms with van der Waals surface area (Å²) < 4.78 is 15.2. The molecule has 31 heavy (non-hydrogen) atoms. The number of hydrogen-bond donors (Lipinski definition) is 0. The van der Waals surface area contributed by atoms with Crippen LogP contribution in [0.3, 0.4) is 0 Å². The number of fused-ring (bicyclic) bond motifs is 1. The first kappa shape index (κ1) is 22.3. The van der Waals surface area contributed by atoms with Gasteiger partial charge in [-0.2, -0.15) is 0 Å². The van der Waals surface area contributed by atoms with Crippen molar-refractivity contribution in [3.05, 3.63) is 72.8 Å². The van der Waals surface area contributed by atoms with Crippen molar-refractivity contribution in [3.8, 4) is 0 Å². The van der Waals surface area contributed by atoms with E-state index in [9.17, 15) is 9.59 Å². The number of carbonyl (C=O) groups is 2. The highest BCUT2D eigenvalue weighted by Gasteiger charge is 2.14. The highest BCUT2D eigenvalue weighted by molar-refractivity contribution is 5.96. The lowest BCUT2D eigenvalue weighted by Gasteiger charge is -2.26. The molecule has 0 radical (unpaired) electrons. The lowest BCUT2D eigenvalue weighted by molar-refractivity contribution is -0.150. The number of nitrogens with zero attached hydrogens (tertiary/aromatic N) is 1. The van der Waals surface area contributed by atoms with Crippen LogP contribution >= 0.6 is 0 Å². The van der Waals surface area contributed by atoms with Crippen LogP contribution in [-0.4, -0.2) is 45.4 Å². The summed E-state index contributed by atoms with van der Waals surface area (Å²) in [4.78, 5) is 25.8. The molecule has 0 saturated carbocycles. The molecule has 0 aliphatic heterocycles. The Bertz CT molecular complexity index is 984. The van der Waals surface area contributed by atoms with Gasteiger partial charge in [0.2, 0.25) is 0 Å². The molecule has 6 nitrogen and oxygen atoms in total. The lowest BCUT2D eigenvalue weighted by Crippen LogP contribution is -2.24. The summed E-state index contributed by atoms with van der Waals surface area (Å²) in [5.74, 6) is -0.856. The first-order chi connectivity index (χ1) is 15.2. The van der Waals surface area contributed by atoms with E-state index in [1.165, 1.54) is 7.11 Å². The number of anilines is 2. The normalized spacial score (nSPS) is 10.6. The number of esters is 2. The lowest BCUT2D eigenvalue weighted by atomic mass is 10.1. The van der Waals surface area contributed by atoms with Gasteiger partial charge in [0.15, 0.2) is 0 Å². The average Bonchev–Trinajstić information content (AvgIpc) is 2.81. The third-order valence-corrected chi connectivity index (χ3v) is 4.79. The Morgan fingerprint density at radius 3 is 2.13 bits per heavy atom. The quantitative estimate of drug-likeness (QED) is 0.336. The van der Waals surface area contributed by atoms with Crippen molar-refractivity contribution >= 4 is 34.1 Å². The Balaban J connectivity index is 1.62. The minimum Gasteiger partial charge on any atom is -0.464 e. The monoisotopic (exact) mass is 421 g/mol. The number of rotatable bonds is 11. The Labute approximate surface area is 182 Å². The van der Waals surface area contributed by atoms with Gasteiger partial charge in [0.25, 0.3) is 0 Å². The molecule has 6 heteroatoms. The van der Waals surface area contributed by atoms with E-state index in [1.54, 1.807) is 0 Å². The Hall–Kier alpha value is -3.38. The highest BCUT2D eigenvalue weighted by atomic mass is 16.6. The number of carbonyl (C=O) groups excluding carboxylic acids is 2. The topological polar surface area (TPSA) is 65.1 Å². The van der Waals surface area contributed by atoms with E-state index in [0.717, 1.165) is 22.1 Å². The van der Waals surface area contributed by atoms with Gasteiger partial charge in [0, 0.05) is 23.9 Å². The van der Waals surface area contributed by atoms with Crippen molar-refractivity contribution < 1.29 is 23.8 Å². The summed E-state index contributed by atoms with van der Waals surface area (Å²) in [7, 11) is 1.53. The van der Waals surface area contributed by atoms with Gasteiger partial charge in [-0.25, -0.2) is 0 Å². The molecule has 0 N–H and O–H groups in total. The van der Waals surface area contributed by atoms with Crippen LogP contribution in [-0.2, 0) is 23.8 Å². The number of para-hydroxylation sites is 1. The summed E-state index contributed by atoms with van der Waals surface area (Å²) in [6.07, 6.45) is -0.0142. The van der Waals surface area contributed by atoms with Crippen LogP contribution in [0.4, 0.5) is 11.4 Å². The fourth-order valence-corrected chi connectivity index (χ4v) is 3.28. The average molecular weight is 421 g/mol. The standard InChI is InChI=1S/C25H27NO5/c1-29-18-19-31-25(28)15-14-24(27)30-17-16-26(21-10-3-2-4-11-21)23-13-7-9-20-8-5-6-12-22(20)23/h2-13H,14-19H2,1H3. The van der Waals surface area contributed by atoms with E-state index in [-0.39, 0.29) is 26.1 Å². The van der Waals surface area contributed by atoms with Crippen LogP contribution in [0.1, 0.15) is 12.8 Å². The van der Waals surface area contributed by atoms with E-state index < -0.39 is 11.9 Å². The van der Waals surface area contributed by atoms with Gasteiger partial charge < -0.3 is 19.1 Å². The summed E-state index contributed by atoms with van der Waals surface area (Å²) in [6.45, 7) is 1.21. The van der Waals surface area contributed by atoms with Crippen LogP contribution in [0.25, 0.3) is 10.8 Å². The number of benzene rings is 3. The summed E-state index contributed by atoms with van der Waals surface area (Å²) in [5, 5.41) is 2.27. The number of hydrogen-bond acceptors (Lipinski definition) is 6. The van der Waals surface area contributed by atoms with Crippen molar-refractivity contribution in [3.63, 3.8) is 0 Å². The minimum absolute atomic E-state index is 0.00568. The predicted molar refractivity (Wildman–Crippen MR) is 120 cm³/mol. The van der Waals surface area contributed by atoms with Crippen LogP contribution < -0.4 is 4.90 Å². The molecule has 0 amide bonds. The molecule has 0 spiro atoms. The molecule has 3 aromatic carbocycles. The molecule has 3 aromatic rings. The molecular weight excluding hydrogens is 394 g/mol. The zero-order valence-electron chi connectivity index (χ0n) is 17.7. The maximum atomic E-state index is 12.1. The Morgan fingerprint density at radius 1 is 0.742 bits per heavy atom. The SMILES string of the molecule is COCCOC(=O)CCC(=O)OCCN(c1ccccc1)c1cccc2ccccc12. The number of ether oxygens (including phenoxy) is 3. The summed E-state index contributed by atoms with van der Waals surface area (Å²) in [6, 6.07) is 24.3. The zero-order chi connectivity index (χ0) is 21.9. The molecule has 162 valence electrons. The van der Waals surface area contributed by atoms with Gasteiger partial charge in [-0.15, -0.1) is 0 Å². The molecule has 0 unspecified atom stereocenters. The smallest absolute Gasteiger partial charge is 0.306 e. The first-order valence-electron chi connectivity index (χ1n) is 10.3. The molecule has 0 fully saturated rings. The summed E-state index contributed by atoms with van der Waals surface area (Å²) in [5.41, 5.74) is 2.05. The molecule has 0 aliphatic rings. The Morgan fingerprint density at radius 2 is 1.39 bits per heavy atom. The van der Waals surface area contributed by atoms with Crippen LogP contribution in [0.5, 0.6) is 0 Å². The fourth-order valence-electron chi connectivity index (χ4n) is 3.28. The van der Waals surface area contributed by atoms with Crippen LogP contribution in [0.15, 0.2) is 72.8 Å². The largest absolute Gasteiger partial charge is 0.464 e. The molecule has 0 aromatic heterocycles. The third-order valence-electron chi connectivity index (χ3n) is 4.79. The maximum Gasteiger partial charge on any atom is 0.306 e. The van der Waals surface area contributed by atoms with E-state index >= 15 is 0 Å². The third kappa shape index (κ3) is 6.55. The molecule has 0 aliphatic carbocycles. The van der Waals surface area contributed by atoms with Gasteiger partial charge in [-0.3, -0.25) is 9.59 Å². The second-order valence-electron chi connectivity index (χ2n) is 6.92. The highest BCUT2D eigenvalue weighted by Crippen LogP contribution is 2.32. The van der Waals surface area contributed by atoms with Crippen molar-refractivity contribution in [2.24, 2.45) is 0 Å².